The molecule has 0 unspecified atom stereocenters. The van der Waals surface area contributed by atoms with Crippen molar-refractivity contribution in [3.8, 4) is 0 Å². The molecule has 0 radical (unpaired) electrons. The van der Waals surface area contributed by atoms with Gasteiger partial charge in [0.05, 0.1) is 6.54 Å². The lowest BCUT2D eigenvalue weighted by Gasteiger charge is -2.16. The highest BCUT2D eigenvalue weighted by molar-refractivity contribution is 9.10. The Balaban J connectivity index is 2.50. The summed E-state index contributed by atoms with van der Waals surface area (Å²) in [5.41, 5.74) is 1.09. The van der Waals surface area contributed by atoms with E-state index >= 15 is 0 Å². The maximum Gasteiger partial charge on any atom is 0.133 e. The lowest BCUT2D eigenvalue weighted by molar-refractivity contribution is 0.556. The zero-order valence-corrected chi connectivity index (χ0v) is 10.3. The van der Waals surface area contributed by atoms with Crippen LogP contribution in [0.25, 0.3) is 0 Å². The lowest BCUT2D eigenvalue weighted by Crippen LogP contribution is -2.24. The Bertz CT molecular complexity index is 369. The Hall–Kier alpha value is -0.480. The molecule has 0 fully saturated rings. The predicted molar refractivity (Wildman–Crippen MR) is 65.4 cm³/mol. The maximum absolute atomic E-state index is 4.47. The van der Waals surface area contributed by atoms with E-state index in [2.05, 4.69) is 45.5 Å². The van der Waals surface area contributed by atoms with E-state index in [1.54, 1.807) is 0 Å². The third-order valence-electron chi connectivity index (χ3n) is 2.27. The molecule has 74 valence electrons. The van der Waals surface area contributed by atoms with Crippen LogP contribution in [0.5, 0.6) is 0 Å². The fourth-order valence-electron chi connectivity index (χ4n) is 1.54. The van der Waals surface area contributed by atoms with E-state index in [4.69, 9.17) is 0 Å². The number of hydrogen-bond donors (Lipinski definition) is 1. The summed E-state index contributed by atoms with van der Waals surface area (Å²) in [4.78, 5) is 7.59. The Morgan fingerprint density at radius 2 is 2.29 bits per heavy atom. The quantitative estimate of drug-likeness (QED) is 0.775. The first-order valence-electron chi connectivity index (χ1n) is 4.43. The molecule has 1 aromatic carbocycles. The topological polar surface area (TPSA) is 15.6 Å². The number of aliphatic imine (C=N–C) groups is 1. The Morgan fingerprint density at radius 3 is 2.86 bits per heavy atom. The summed E-state index contributed by atoms with van der Waals surface area (Å²) >= 11 is 7.97. The van der Waals surface area contributed by atoms with Crippen LogP contribution in [0.15, 0.2) is 32.6 Å². The van der Waals surface area contributed by atoms with E-state index in [1.807, 2.05) is 18.2 Å². The largest absolute Gasteiger partial charge is 0.358 e. The van der Waals surface area contributed by atoms with Crippen LogP contribution < -0.4 is 0 Å². The summed E-state index contributed by atoms with van der Waals surface area (Å²) in [5, 5.41) is 0. The van der Waals surface area contributed by atoms with Crippen LogP contribution in [-0.2, 0) is 0 Å². The van der Waals surface area contributed by atoms with Gasteiger partial charge in [-0.05, 0) is 28.1 Å². The number of halogens is 1. The van der Waals surface area contributed by atoms with Crippen molar-refractivity contribution >= 4 is 34.4 Å². The maximum atomic E-state index is 4.47. The minimum absolute atomic E-state index is 0.875. The molecule has 0 spiro atoms. The van der Waals surface area contributed by atoms with Crippen molar-refractivity contribution < 1.29 is 0 Å². The number of amidine groups is 1. The average Bonchev–Trinajstić information content (AvgIpc) is 2.52. The molecule has 14 heavy (non-hydrogen) atoms. The Kier molecular flexibility index (Phi) is 2.83. The molecule has 0 aliphatic carbocycles. The molecule has 1 aliphatic heterocycles. The first-order valence-corrected chi connectivity index (χ1v) is 5.67. The first-order chi connectivity index (χ1) is 6.70. The highest BCUT2D eigenvalue weighted by atomic mass is 79.9. The van der Waals surface area contributed by atoms with Gasteiger partial charge in [0.1, 0.15) is 5.84 Å². The summed E-state index contributed by atoms with van der Waals surface area (Å²) in [5.74, 6) is 1.03. The predicted octanol–water partition coefficient (Wildman–Crippen LogP) is 2.43. The molecular weight excluding hydrogens is 260 g/mol. The third-order valence-corrected chi connectivity index (χ3v) is 3.31. The molecule has 0 amide bonds. The van der Waals surface area contributed by atoms with Crippen molar-refractivity contribution in [2.75, 3.05) is 20.1 Å². The van der Waals surface area contributed by atoms with Crippen molar-refractivity contribution in [1.29, 1.82) is 0 Å². The van der Waals surface area contributed by atoms with Gasteiger partial charge in [-0.3, -0.25) is 4.99 Å². The lowest BCUT2D eigenvalue weighted by atomic mass is 10.2. The molecule has 0 aromatic heterocycles. The van der Waals surface area contributed by atoms with Crippen molar-refractivity contribution in [3.05, 3.63) is 28.2 Å². The van der Waals surface area contributed by atoms with Crippen LogP contribution in [-0.4, -0.2) is 30.9 Å². The number of nitrogens with zero attached hydrogens (tertiary/aromatic N) is 2. The number of rotatable bonds is 1. The second-order valence-corrected chi connectivity index (χ2v) is 4.60. The first kappa shape index (κ1) is 10.1. The summed E-state index contributed by atoms with van der Waals surface area (Å²) in [7, 11) is 2.05. The number of thiol groups is 1. The van der Waals surface area contributed by atoms with Crippen molar-refractivity contribution in [3.63, 3.8) is 0 Å². The van der Waals surface area contributed by atoms with Gasteiger partial charge in [0, 0.05) is 28.5 Å². The molecule has 0 bridgehead atoms. The number of benzene rings is 1. The van der Waals surface area contributed by atoms with Crippen LogP contribution in [0.1, 0.15) is 5.56 Å². The van der Waals surface area contributed by atoms with Gasteiger partial charge in [0.15, 0.2) is 0 Å². The number of likely N-dealkylation sites (N-methyl/N-ethyl adjacent to an activating group) is 1. The van der Waals surface area contributed by atoms with E-state index in [-0.39, 0.29) is 0 Å². The zero-order valence-electron chi connectivity index (χ0n) is 7.87. The van der Waals surface area contributed by atoms with Crippen molar-refractivity contribution in [2.45, 2.75) is 4.90 Å². The van der Waals surface area contributed by atoms with E-state index < -0.39 is 0 Å². The average molecular weight is 271 g/mol. The van der Waals surface area contributed by atoms with Crippen LogP contribution in [0.4, 0.5) is 0 Å². The molecule has 4 heteroatoms. The molecule has 1 aliphatic rings. The summed E-state index contributed by atoms with van der Waals surface area (Å²) in [6.07, 6.45) is 0. The smallest absolute Gasteiger partial charge is 0.133 e. The number of hydrogen-bond acceptors (Lipinski definition) is 3. The van der Waals surface area contributed by atoms with Crippen LogP contribution >= 0.6 is 28.6 Å². The van der Waals surface area contributed by atoms with Crippen molar-refractivity contribution in [2.24, 2.45) is 4.99 Å². The minimum Gasteiger partial charge on any atom is -0.358 e. The van der Waals surface area contributed by atoms with Gasteiger partial charge < -0.3 is 4.90 Å². The van der Waals surface area contributed by atoms with Crippen LogP contribution in [0.3, 0.4) is 0 Å². The summed E-state index contributed by atoms with van der Waals surface area (Å²) in [6.45, 7) is 1.87. The monoisotopic (exact) mass is 270 g/mol. The normalized spacial score (nSPS) is 15.9. The fourth-order valence-corrected chi connectivity index (χ4v) is 2.54. The highest BCUT2D eigenvalue weighted by Gasteiger charge is 2.18. The van der Waals surface area contributed by atoms with Crippen LogP contribution in [0, 0.1) is 0 Å². The standard InChI is InChI=1S/C10H11BrN2S/c1-13-6-5-12-10(13)9-7(11)3-2-4-8(9)14/h2-4,14H,5-6H2,1H3. The molecular formula is C10H11BrN2S. The van der Waals surface area contributed by atoms with Crippen LogP contribution in [0.2, 0.25) is 0 Å². The van der Waals surface area contributed by atoms with Crippen molar-refractivity contribution in [1.82, 2.24) is 4.90 Å². The molecule has 0 saturated heterocycles. The van der Waals surface area contributed by atoms with E-state index in [1.165, 1.54) is 0 Å². The zero-order chi connectivity index (χ0) is 10.1. The molecule has 0 saturated carbocycles. The Labute approximate surface area is 97.6 Å². The van der Waals surface area contributed by atoms with Gasteiger partial charge in [-0.15, -0.1) is 12.6 Å². The molecule has 1 heterocycles. The van der Waals surface area contributed by atoms with Gasteiger partial charge in [-0.25, -0.2) is 0 Å². The second-order valence-electron chi connectivity index (χ2n) is 3.26. The van der Waals surface area contributed by atoms with E-state index in [0.29, 0.717) is 0 Å². The molecule has 0 N–H and O–H groups in total. The SMILES string of the molecule is CN1CCN=C1c1c(S)cccc1Br. The van der Waals surface area contributed by atoms with Gasteiger partial charge in [-0.1, -0.05) is 6.07 Å². The molecule has 1 aromatic rings. The van der Waals surface area contributed by atoms with E-state index in [0.717, 1.165) is 33.9 Å². The summed E-state index contributed by atoms with van der Waals surface area (Å²) < 4.78 is 1.05. The Morgan fingerprint density at radius 1 is 1.50 bits per heavy atom. The van der Waals surface area contributed by atoms with Gasteiger partial charge in [0.2, 0.25) is 0 Å². The summed E-state index contributed by atoms with van der Waals surface area (Å²) in [6, 6.07) is 5.98. The van der Waals surface area contributed by atoms with E-state index in [9.17, 15) is 0 Å². The minimum atomic E-state index is 0.875. The fraction of sp³-hybridized carbons (Fsp3) is 0.300. The second kappa shape index (κ2) is 3.95. The van der Waals surface area contributed by atoms with Gasteiger partial charge in [-0.2, -0.15) is 0 Å². The molecule has 2 nitrogen and oxygen atoms in total. The van der Waals surface area contributed by atoms with Gasteiger partial charge >= 0.3 is 0 Å². The highest BCUT2D eigenvalue weighted by Crippen LogP contribution is 2.26. The van der Waals surface area contributed by atoms with Gasteiger partial charge in [0.25, 0.3) is 0 Å². The third kappa shape index (κ3) is 1.68. The molecule has 0 atom stereocenters. The molecule has 2 rings (SSSR count).